The maximum atomic E-state index is 10.8. The topological polar surface area (TPSA) is 63.3 Å². The maximum absolute atomic E-state index is 10.8. The van der Waals surface area contributed by atoms with Crippen LogP contribution in [-0.4, -0.2) is 11.1 Å². The summed E-state index contributed by atoms with van der Waals surface area (Å²) >= 11 is 0. The van der Waals surface area contributed by atoms with Crippen molar-refractivity contribution in [1.29, 1.82) is 0 Å². The fraction of sp³-hybridized carbons (Fsp3) is 0.417. The van der Waals surface area contributed by atoms with Crippen molar-refractivity contribution in [3.63, 3.8) is 0 Å². The number of benzene rings is 1. The highest BCUT2D eigenvalue weighted by Gasteiger charge is 2.14. The predicted molar refractivity (Wildman–Crippen MR) is 60.6 cm³/mol. The number of nitrogens with two attached hydrogens (primary N) is 1. The van der Waals surface area contributed by atoms with Crippen LogP contribution >= 0.6 is 0 Å². The molecular formula is C12H17NO2. The fourth-order valence-corrected chi connectivity index (χ4v) is 1.59. The lowest BCUT2D eigenvalue weighted by molar-refractivity contribution is -0.142. The number of hydrogen-bond acceptors (Lipinski definition) is 2. The molecule has 0 heterocycles. The molecule has 1 aromatic carbocycles. The standard InChI is InChI=1S/C12H17NO2/c1-2-9(12(14)15)7-8-10-5-3-4-6-11(10)13/h3-6,9H,2,7-8,13H2,1H3,(H,14,15). The molecule has 3 N–H and O–H groups in total. The number of carboxylic acids is 1. The summed E-state index contributed by atoms with van der Waals surface area (Å²) in [7, 11) is 0. The van der Waals surface area contributed by atoms with Crippen molar-refractivity contribution >= 4 is 11.7 Å². The molecule has 1 unspecified atom stereocenters. The number of aliphatic carboxylic acids is 1. The largest absolute Gasteiger partial charge is 0.481 e. The Labute approximate surface area is 89.9 Å². The Balaban J connectivity index is 2.56. The van der Waals surface area contributed by atoms with Gasteiger partial charge in [-0.05, 0) is 30.9 Å². The van der Waals surface area contributed by atoms with Crippen molar-refractivity contribution < 1.29 is 9.90 Å². The average Bonchev–Trinajstić information content (AvgIpc) is 2.21. The van der Waals surface area contributed by atoms with E-state index in [-0.39, 0.29) is 5.92 Å². The Bertz CT molecular complexity index is 336. The third-order valence-corrected chi connectivity index (χ3v) is 2.66. The van der Waals surface area contributed by atoms with E-state index < -0.39 is 5.97 Å². The summed E-state index contributed by atoms with van der Waals surface area (Å²) in [5.41, 5.74) is 7.56. The summed E-state index contributed by atoms with van der Waals surface area (Å²) < 4.78 is 0. The van der Waals surface area contributed by atoms with E-state index in [1.165, 1.54) is 0 Å². The molecule has 0 amide bonds. The van der Waals surface area contributed by atoms with Crippen LogP contribution in [0.2, 0.25) is 0 Å². The van der Waals surface area contributed by atoms with Crippen molar-refractivity contribution in [2.75, 3.05) is 5.73 Å². The highest BCUT2D eigenvalue weighted by molar-refractivity contribution is 5.69. The molecule has 0 radical (unpaired) electrons. The second-order valence-corrected chi connectivity index (χ2v) is 3.68. The molecule has 0 bridgehead atoms. The number of rotatable bonds is 5. The monoisotopic (exact) mass is 207 g/mol. The number of carbonyl (C=O) groups is 1. The summed E-state index contributed by atoms with van der Waals surface area (Å²) in [4.78, 5) is 10.8. The molecule has 0 saturated heterocycles. The van der Waals surface area contributed by atoms with Crippen molar-refractivity contribution in [3.8, 4) is 0 Å². The van der Waals surface area contributed by atoms with E-state index >= 15 is 0 Å². The van der Waals surface area contributed by atoms with Gasteiger partial charge < -0.3 is 10.8 Å². The van der Waals surface area contributed by atoms with Gasteiger partial charge in [0.2, 0.25) is 0 Å². The van der Waals surface area contributed by atoms with Gasteiger partial charge in [0.25, 0.3) is 0 Å². The molecule has 0 saturated carbocycles. The van der Waals surface area contributed by atoms with Crippen LogP contribution in [0.25, 0.3) is 0 Å². The Morgan fingerprint density at radius 1 is 1.47 bits per heavy atom. The molecular weight excluding hydrogens is 190 g/mol. The van der Waals surface area contributed by atoms with Gasteiger partial charge >= 0.3 is 5.97 Å². The van der Waals surface area contributed by atoms with Crippen molar-refractivity contribution in [2.24, 2.45) is 5.92 Å². The second-order valence-electron chi connectivity index (χ2n) is 3.68. The minimum absolute atomic E-state index is 0.260. The van der Waals surface area contributed by atoms with Crippen molar-refractivity contribution in [3.05, 3.63) is 29.8 Å². The first-order chi connectivity index (χ1) is 7.15. The third kappa shape index (κ3) is 3.27. The molecule has 0 aliphatic rings. The molecule has 0 spiro atoms. The van der Waals surface area contributed by atoms with Gasteiger partial charge in [-0.1, -0.05) is 25.1 Å². The Kier molecular flexibility index (Phi) is 4.16. The Morgan fingerprint density at radius 2 is 2.13 bits per heavy atom. The van der Waals surface area contributed by atoms with Gasteiger partial charge in [-0.2, -0.15) is 0 Å². The van der Waals surface area contributed by atoms with Crippen molar-refractivity contribution in [2.45, 2.75) is 26.2 Å². The van der Waals surface area contributed by atoms with Crippen LogP contribution in [0.4, 0.5) is 5.69 Å². The van der Waals surface area contributed by atoms with Crippen LogP contribution < -0.4 is 5.73 Å². The number of hydrogen-bond donors (Lipinski definition) is 2. The quantitative estimate of drug-likeness (QED) is 0.728. The molecule has 0 aliphatic heterocycles. The van der Waals surface area contributed by atoms with Gasteiger partial charge in [0, 0.05) is 5.69 Å². The zero-order valence-corrected chi connectivity index (χ0v) is 8.94. The lowest BCUT2D eigenvalue weighted by Gasteiger charge is -2.10. The van der Waals surface area contributed by atoms with E-state index in [0.717, 1.165) is 17.7 Å². The molecule has 3 nitrogen and oxygen atoms in total. The van der Waals surface area contributed by atoms with Crippen LogP contribution in [0.3, 0.4) is 0 Å². The summed E-state index contributed by atoms with van der Waals surface area (Å²) in [6.07, 6.45) is 2.06. The summed E-state index contributed by atoms with van der Waals surface area (Å²) in [5, 5.41) is 8.89. The molecule has 1 atom stereocenters. The molecule has 1 rings (SSSR count). The van der Waals surface area contributed by atoms with E-state index in [9.17, 15) is 4.79 Å². The minimum Gasteiger partial charge on any atom is -0.481 e. The average molecular weight is 207 g/mol. The van der Waals surface area contributed by atoms with Crippen LogP contribution in [0.1, 0.15) is 25.3 Å². The minimum atomic E-state index is -0.716. The smallest absolute Gasteiger partial charge is 0.306 e. The van der Waals surface area contributed by atoms with Crippen LogP contribution in [0.15, 0.2) is 24.3 Å². The van der Waals surface area contributed by atoms with Crippen LogP contribution in [0.5, 0.6) is 0 Å². The lowest BCUT2D eigenvalue weighted by Crippen LogP contribution is -2.13. The molecule has 1 aromatic rings. The summed E-state index contributed by atoms with van der Waals surface area (Å²) in [5.74, 6) is -0.975. The van der Waals surface area contributed by atoms with Gasteiger partial charge in [-0.25, -0.2) is 0 Å². The highest BCUT2D eigenvalue weighted by Crippen LogP contribution is 2.17. The fourth-order valence-electron chi connectivity index (χ4n) is 1.59. The first-order valence-corrected chi connectivity index (χ1v) is 5.21. The van der Waals surface area contributed by atoms with Gasteiger partial charge in [-0.15, -0.1) is 0 Å². The summed E-state index contributed by atoms with van der Waals surface area (Å²) in [6, 6.07) is 7.60. The van der Waals surface area contributed by atoms with E-state index in [1.807, 2.05) is 31.2 Å². The molecule has 15 heavy (non-hydrogen) atoms. The molecule has 3 heteroatoms. The van der Waals surface area contributed by atoms with Gasteiger partial charge in [0.15, 0.2) is 0 Å². The Morgan fingerprint density at radius 3 is 2.67 bits per heavy atom. The second kappa shape index (κ2) is 5.39. The lowest BCUT2D eigenvalue weighted by atomic mass is 9.97. The van der Waals surface area contributed by atoms with Crippen molar-refractivity contribution in [1.82, 2.24) is 0 Å². The molecule has 0 fully saturated rings. The summed E-state index contributed by atoms with van der Waals surface area (Å²) in [6.45, 7) is 1.90. The number of carboxylic acid groups (broad SMARTS) is 1. The van der Waals surface area contributed by atoms with E-state index in [0.29, 0.717) is 12.8 Å². The normalized spacial score (nSPS) is 12.3. The highest BCUT2D eigenvalue weighted by atomic mass is 16.4. The zero-order valence-electron chi connectivity index (χ0n) is 8.94. The number of anilines is 1. The molecule has 0 aromatic heterocycles. The number of para-hydroxylation sites is 1. The third-order valence-electron chi connectivity index (χ3n) is 2.66. The number of nitrogen functional groups attached to an aromatic ring is 1. The Hall–Kier alpha value is -1.51. The maximum Gasteiger partial charge on any atom is 0.306 e. The van der Waals surface area contributed by atoms with Gasteiger partial charge in [-0.3, -0.25) is 4.79 Å². The zero-order chi connectivity index (χ0) is 11.3. The van der Waals surface area contributed by atoms with E-state index in [1.54, 1.807) is 0 Å². The number of aryl methyl sites for hydroxylation is 1. The van der Waals surface area contributed by atoms with E-state index in [4.69, 9.17) is 10.8 Å². The first kappa shape index (κ1) is 11.6. The van der Waals surface area contributed by atoms with Gasteiger partial charge in [0.05, 0.1) is 5.92 Å². The predicted octanol–water partition coefficient (Wildman–Crippen LogP) is 2.31. The first-order valence-electron chi connectivity index (χ1n) is 5.21. The molecule has 0 aliphatic carbocycles. The molecule has 82 valence electrons. The van der Waals surface area contributed by atoms with Crippen LogP contribution in [0, 0.1) is 5.92 Å². The SMILES string of the molecule is CCC(CCc1ccccc1N)C(=O)O. The van der Waals surface area contributed by atoms with Crippen LogP contribution in [-0.2, 0) is 11.2 Å². The van der Waals surface area contributed by atoms with Gasteiger partial charge in [0.1, 0.15) is 0 Å². The van der Waals surface area contributed by atoms with E-state index in [2.05, 4.69) is 0 Å².